The average molecular weight is 447 g/mol. The lowest BCUT2D eigenvalue weighted by Gasteiger charge is -2.24. The molecule has 0 radical (unpaired) electrons. The summed E-state index contributed by atoms with van der Waals surface area (Å²) in [4.78, 5) is 13.5. The Morgan fingerprint density at radius 1 is 0.912 bits per heavy atom. The maximum Gasteiger partial charge on any atom is 0.230 e. The molecule has 0 amide bonds. The summed E-state index contributed by atoms with van der Waals surface area (Å²) in [6.07, 6.45) is 6.72. The van der Waals surface area contributed by atoms with E-state index in [2.05, 4.69) is 15.1 Å². The Balaban J connectivity index is 1.49. The van der Waals surface area contributed by atoms with Crippen LogP contribution < -0.4 is 4.74 Å². The molecule has 0 bridgehead atoms. The fourth-order valence-corrected chi connectivity index (χ4v) is 4.49. The van der Waals surface area contributed by atoms with Gasteiger partial charge in [0.05, 0.1) is 34.7 Å². The van der Waals surface area contributed by atoms with E-state index < -0.39 is 0 Å². The minimum atomic E-state index is -0.308. The van der Waals surface area contributed by atoms with Gasteiger partial charge in [-0.3, -0.25) is 4.98 Å². The predicted molar refractivity (Wildman–Crippen MR) is 122 cm³/mol. The fourth-order valence-electron chi connectivity index (χ4n) is 4.49. The van der Waals surface area contributed by atoms with Gasteiger partial charge < -0.3 is 9.15 Å². The van der Waals surface area contributed by atoms with Gasteiger partial charge in [-0.2, -0.15) is 5.10 Å². The fraction of sp³-hybridized carbons (Fsp3) is 0.0800. The summed E-state index contributed by atoms with van der Waals surface area (Å²) >= 11 is 0. The van der Waals surface area contributed by atoms with Gasteiger partial charge in [0.2, 0.25) is 11.8 Å². The lowest BCUT2D eigenvalue weighted by molar-refractivity contribution is 0.392. The van der Waals surface area contributed by atoms with Crippen LogP contribution in [0.4, 0.5) is 0 Å². The number of hydrogen-bond acceptors (Lipinski definition) is 7. The van der Waals surface area contributed by atoms with E-state index in [4.69, 9.17) is 19.2 Å². The Bertz CT molecular complexity index is 1640. The van der Waals surface area contributed by atoms with Crippen LogP contribution in [0.3, 0.4) is 0 Å². The monoisotopic (exact) mass is 447 g/mol. The Morgan fingerprint density at radius 3 is 2.56 bits per heavy atom. The van der Waals surface area contributed by atoms with Gasteiger partial charge in [-0.25, -0.2) is 19.2 Å². The molecule has 6 heterocycles. The van der Waals surface area contributed by atoms with Crippen molar-refractivity contribution in [2.24, 2.45) is 0 Å². The number of para-hydroxylation sites is 1. The summed E-state index contributed by atoms with van der Waals surface area (Å²) < 4.78 is 15.8. The Hall–Kier alpha value is -4.79. The summed E-state index contributed by atoms with van der Waals surface area (Å²) in [6, 6.07) is 17.5. The molecule has 9 heteroatoms. The number of benzene rings is 1. The van der Waals surface area contributed by atoms with Crippen LogP contribution in [0.5, 0.6) is 11.8 Å². The van der Waals surface area contributed by atoms with Crippen molar-refractivity contribution in [1.29, 1.82) is 0 Å². The molecule has 0 saturated heterocycles. The average Bonchev–Trinajstić information content (AvgIpc) is 3.63. The van der Waals surface area contributed by atoms with E-state index in [0.29, 0.717) is 23.2 Å². The van der Waals surface area contributed by atoms with Crippen LogP contribution >= 0.6 is 0 Å². The van der Waals surface area contributed by atoms with E-state index in [0.717, 1.165) is 33.8 Å². The van der Waals surface area contributed by atoms with Crippen LogP contribution in [0.2, 0.25) is 0 Å². The van der Waals surface area contributed by atoms with Gasteiger partial charge in [0, 0.05) is 18.0 Å². The highest BCUT2D eigenvalue weighted by atomic mass is 16.5. The minimum Gasteiger partial charge on any atom is -0.468 e. The number of hydrogen-bond donors (Lipinski definition) is 0. The Morgan fingerprint density at radius 2 is 1.76 bits per heavy atom. The third kappa shape index (κ3) is 2.70. The van der Waals surface area contributed by atoms with E-state index in [1.54, 1.807) is 29.5 Å². The zero-order valence-electron chi connectivity index (χ0n) is 18.0. The summed E-state index contributed by atoms with van der Waals surface area (Å²) in [5.41, 5.74) is 4.95. The van der Waals surface area contributed by atoms with Gasteiger partial charge in [-0.15, -0.1) is 5.10 Å². The number of aryl methyl sites for hydroxylation is 1. The summed E-state index contributed by atoms with van der Waals surface area (Å²) in [7, 11) is 0. The van der Waals surface area contributed by atoms with Crippen LogP contribution in [0.15, 0.2) is 84.0 Å². The van der Waals surface area contributed by atoms with E-state index in [1.165, 1.54) is 0 Å². The van der Waals surface area contributed by atoms with Crippen LogP contribution in [0, 0.1) is 6.92 Å². The second-order valence-corrected chi connectivity index (χ2v) is 8.00. The number of ether oxygens (including phenoxy) is 1. The summed E-state index contributed by atoms with van der Waals surface area (Å²) in [5, 5.41) is 9.46. The quantitative estimate of drug-likeness (QED) is 0.392. The molecule has 0 N–H and O–H groups in total. The summed E-state index contributed by atoms with van der Waals surface area (Å²) in [5.74, 6) is 2.09. The van der Waals surface area contributed by atoms with Crippen molar-refractivity contribution in [1.82, 2.24) is 34.3 Å². The first kappa shape index (κ1) is 18.8. The van der Waals surface area contributed by atoms with Crippen LogP contribution in [-0.4, -0.2) is 34.3 Å². The van der Waals surface area contributed by atoms with Crippen molar-refractivity contribution >= 4 is 5.65 Å². The second-order valence-electron chi connectivity index (χ2n) is 8.00. The molecule has 0 spiro atoms. The molecule has 0 aliphatic carbocycles. The lowest BCUT2D eigenvalue weighted by atomic mass is 9.88. The summed E-state index contributed by atoms with van der Waals surface area (Å²) in [6.45, 7) is 1.97. The molecule has 34 heavy (non-hydrogen) atoms. The maximum absolute atomic E-state index is 6.39. The molecule has 1 aromatic carbocycles. The van der Waals surface area contributed by atoms with Gasteiger partial charge in [0.15, 0.2) is 11.5 Å². The van der Waals surface area contributed by atoms with Gasteiger partial charge >= 0.3 is 0 Å². The Labute approximate surface area is 193 Å². The first-order chi connectivity index (χ1) is 16.8. The molecule has 9 nitrogen and oxygen atoms in total. The molecule has 6 aromatic rings. The molecule has 1 aliphatic heterocycles. The number of fused-ring (bicyclic) bond motifs is 4. The number of pyridine rings is 1. The largest absolute Gasteiger partial charge is 0.468 e. The van der Waals surface area contributed by atoms with Gasteiger partial charge in [-0.1, -0.05) is 18.2 Å². The molecule has 0 unspecified atom stereocenters. The smallest absolute Gasteiger partial charge is 0.230 e. The molecule has 0 saturated carbocycles. The molecular weight excluding hydrogens is 430 g/mol. The highest BCUT2D eigenvalue weighted by Gasteiger charge is 2.39. The third-order valence-corrected chi connectivity index (χ3v) is 5.99. The van der Waals surface area contributed by atoms with Crippen LogP contribution in [0.25, 0.3) is 22.7 Å². The number of furan rings is 1. The molecule has 0 fully saturated rings. The van der Waals surface area contributed by atoms with Crippen molar-refractivity contribution < 1.29 is 9.15 Å². The molecule has 1 atom stereocenters. The zero-order chi connectivity index (χ0) is 22.6. The first-order valence-electron chi connectivity index (χ1n) is 10.8. The topological polar surface area (TPSA) is 96.2 Å². The molecule has 7 rings (SSSR count). The SMILES string of the molecule is Cc1nn(-c2ccccc2)c2c1[C@@H](c1ccco1)c1c(ncn3nc(-c4ccncc4)nc13)O2. The van der Waals surface area contributed by atoms with Crippen molar-refractivity contribution in [3.05, 3.63) is 102 Å². The van der Waals surface area contributed by atoms with Crippen LogP contribution in [-0.2, 0) is 0 Å². The van der Waals surface area contributed by atoms with Crippen molar-refractivity contribution in [2.45, 2.75) is 12.8 Å². The number of aromatic nitrogens is 7. The lowest BCUT2D eigenvalue weighted by Crippen LogP contribution is -2.15. The second kappa shape index (κ2) is 7.11. The highest BCUT2D eigenvalue weighted by Crippen LogP contribution is 2.49. The molecular formula is C25H17N7O2. The van der Waals surface area contributed by atoms with Crippen LogP contribution in [0.1, 0.15) is 28.5 Å². The van der Waals surface area contributed by atoms with Crippen molar-refractivity contribution in [2.75, 3.05) is 0 Å². The van der Waals surface area contributed by atoms with Gasteiger partial charge in [0.1, 0.15) is 12.1 Å². The number of nitrogens with zero attached hydrogens (tertiary/aromatic N) is 7. The van der Waals surface area contributed by atoms with E-state index in [1.807, 2.05) is 66.2 Å². The molecule has 164 valence electrons. The number of rotatable bonds is 3. The normalized spacial score (nSPS) is 14.6. The van der Waals surface area contributed by atoms with E-state index in [-0.39, 0.29) is 5.92 Å². The third-order valence-electron chi connectivity index (χ3n) is 5.99. The van der Waals surface area contributed by atoms with Crippen molar-refractivity contribution in [3.8, 4) is 28.8 Å². The van der Waals surface area contributed by atoms with Gasteiger partial charge in [0.25, 0.3) is 0 Å². The Kier molecular flexibility index (Phi) is 3.92. The van der Waals surface area contributed by atoms with Gasteiger partial charge in [-0.05, 0) is 43.3 Å². The molecule has 5 aromatic heterocycles. The van der Waals surface area contributed by atoms with Crippen molar-refractivity contribution in [3.63, 3.8) is 0 Å². The first-order valence-corrected chi connectivity index (χ1v) is 10.8. The zero-order valence-corrected chi connectivity index (χ0v) is 18.0. The molecule has 1 aliphatic rings. The van der Waals surface area contributed by atoms with E-state index >= 15 is 0 Å². The maximum atomic E-state index is 6.39. The standard InChI is InChI=1S/C25H17N7O2/c1-15-19-20(18-8-5-13-33-18)21-23-28-22(16-9-11-26-12-10-16)30-31(23)14-27-24(21)34-25(19)32(29-15)17-6-3-2-4-7-17/h2-14,20H,1H3/t20-/m1/s1. The predicted octanol–water partition coefficient (Wildman–Crippen LogP) is 4.56. The van der Waals surface area contributed by atoms with E-state index in [9.17, 15) is 0 Å². The highest BCUT2D eigenvalue weighted by molar-refractivity contribution is 5.68. The minimum absolute atomic E-state index is 0.308.